The van der Waals surface area contributed by atoms with E-state index in [0.717, 1.165) is 12.1 Å². The SMILES string of the molecule is CCNC(c1ccc(F)c(F)c1)C1CCCCC1. The molecule has 0 amide bonds. The van der Waals surface area contributed by atoms with E-state index in [9.17, 15) is 8.78 Å². The molecule has 0 aliphatic heterocycles. The van der Waals surface area contributed by atoms with Crippen LogP contribution in [0.3, 0.4) is 0 Å². The van der Waals surface area contributed by atoms with Gasteiger partial charge in [-0.1, -0.05) is 32.3 Å². The van der Waals surface area contributed by atoms with Crippen molar-refractivity contribution >= 4 is 0 Å². The molecule has 1 unspecified atom stereocenters. The molecular weight excluding hydrogens is 232 g/mol. The van der Waals surface area contributed by atoms with E-state index in [1.165, 1.54) is 44.2 Å². The first kappa shape index (κ1) is 13.5. The van der Waals surface area contributed by atoms with Gasteiger partial charge in [-0.2, -0.15) is 0 Å². The molecule has 0 radical (unpaired) electrons. The first-order valence-corrected chi connectivity index (χ1v) is 6.90. The van der Waals surface area contributed by atoms with E-state index in [1.807, 2.05) is 0 Å². The van der Waals surface area contributed by atoms with Crippen molar-refractivity contribution < 1.29 is 8.78 Å². The molecule has 1 aromatic rings. The van der Waals surface area contributed by atoms with Gasteiger partial charge in [-0.25, -0.2) is 8.78 Å². The topological polar surface area (TPSA) is 12.0 Å². The summed E-state index contributed by atoms with van der Waals surface area (Å²) in [7, 11) is 0. The average Bonchev–Trinajstić information content (AvgIpc) is 2.40. The van der Waals surface area contributed by atoms with Gasteiger partial charge in [0.1, 0.15) is 0 Å². The molecule has 1 saturated carbocycles. The second kappa shape index (κ2) is 6.28. The molecule has 0 spiro atoms. The molecule has 2 rings (SSSR count). The van der Waals surface area contributed by atoms with Crippen LogP contribution >= 0.6 is 0 Å². The molecule has 1 aliphatic rings. The summed E-state index contributed by atoms with van der Waals surface area (Å²) in [5.74, 6) is -0.965. The maximum Gasteiger partial charge on any atom is 0.159 e. The monoisotopic (exact) mass is 253 g/mol. The van der Waals surface area contributed by atoms with Crippen LogP contribution in [0, 0.1) is 17.6 Å². The van der Waals surface area contributed by atoms with Gasteiger partial charge in [-0.05, 0) is 43.0 Å². The normalized spacial score (nSPS) is 18.8. The Morgan fingerprint density at radius 1 is 1.17 bits per heavy atom. The third kappa shape index (κ3) is 3.08. The zero-order valence-corrected chi connectivity index (χ0v) is 10.9. The highest BCUT2D eigenvalue weighted by molar-refractivity contribution is 5.22. The van der Waals surface area contributed by atoms with Crippen LogP contribution in [-0.4, -0.2) is 6.54 Å². The third-order valence-corrected chi connectivity index (χ3v) is 3.85. The van der Waals surface area contributed by atoms with E-state index >= 15 is 0 Å². The molecule has 0 saturated heterocycles. The Hall–Kier alpha value is -0.960. The van der Waals surface area contributed by atoms with Crippen molar-refractivity contribution in [3.63, 3.8) is 0 Å². The van der Waals surface area contributed by atoms with E-state index in [0.29, 0.717) is 5.92 Å². The fourth-order valence-electron chi connectivity index (χ4n) is 2.95. The standard InChI is InChI=1S/C15H21F2N/c1-2-18-15(11-6-4-3-5-7-11)12-8-9-13(16)14(17)10-12/h8-11,15,18H,2-7H2,1H3. The van der Waals surface area contributed by atoms with Crippen molar-refractivity contribution in [1.82, 2.24) is 5.32 Å². The molecule has 1 aliphatic carbocycles. The van der Waals surface area contributed by atoms with Gasteiger partial charge < -0.3 is 5.32 Å². The zero-order valence-electron chi connectivity index (χ0n) is 10.9. The first-order chi connectivity index (χ1) is 8.72. The molecular formula is C15H21F2N. The summed E-state index contributed by atoms with van der Waals surface area (Å²) in [5.41, 5.74) is 0.877. The first-order valence-electron chi connectivity index (χ1n) is 6.90. The lowest BCUT2D eigenvalue weighted by Gasteiger charge is -2.31. The van der Waals surface area contributed by atoms with Crippen LogP contribution in [0.4, 0.5) is 8.78 Å². The van der Waals surface area contributed by atoms with Crippen molar-refractivity contribution in [2.75, 3.05) is 6.54 Å². The van der Waals surface area contributed by atoms with Gasteiger partial charge in [0.05, 0.1) is 0 Å². The van der Waals surface area contributed by atoms with Gasteiger partial charge in [-0.3, -0.25) is 0 Å². The van der Waals surface area contributed by atoms with Crippen LogP contribution in [0.15, 0.2) is 18.2 Å². The fourth-order valence-corrected chi connectivity index (χ4v) is 2.95. The Kier molecular flexibility index (Phi) is 4.70. The molecule has 18 heavy (non-hydrogen) atoms. The Morgan fingerprint density at radius 3 is 2.50 bits per heavy atom. The van der Waals surface area contributed by atoms with E-state index in [4.69, 9.17) is 0 Å². The number of benzene rings is 1. The van der Waals surface area contributed by atoms with Gasteiger partial charge in [0, 0.05) is 6.04 Å². The largest absolute Gasteiger partial charge is 0.310 e. The summed E-state index contributed by atoms with van der Waals surface area (Å²) in [6.45, 7) is 2.90. The molecule has 1 aromatic carbocycles. The maximum atomic E-state index is 13.3. The number of hydrogen-bond donors (Lipinski definition) is 1. The highest BCUT2D eigenvalue weighted by Crippen LogP contribution is 2.34. The number of hydrogen-bond acceptors (Lipinski definition) is 1. The zero-order chi connectivity index (χ0) is 13.0. The summed E-state index contributed by atoms with van der Waals surface area (Å²) < 4.78 is 26.3. The number of rotatable bonds is 4. The maximum absolute atomic E-state index is 13.3. The second-order valence-corrected chi connectivity index (χ2v) is 5.11. The van der Waals surface area contributed by atoms with E-state index < -0.39 is 11.6 Å². The lowest BCUT2D eigenvalue weighted by Crippen LogP contribution is -2.29. The summed E-state index contributed by atoms with van der Waals surface area (Å²) >= 11 is 0. The average molecular weight is 253 g/mol. The highest BCUT2D eigenvalue weighted by atomic mass is 19.2. The van der Waals surface area contributed by atoms with Crippen LogP contribution in [0.1, 0.15) is 50.6 Å². The number of nitrogens with one attached hydrogen (secondary N) is 1. The molecule has 0 aromatic heterocycles. The summed E-state index contributed by atoms with van der Waals surface area (Å²) in [6, 6.07) is 4.44. The smallest absolute Gasteiger partial charge is 0.159 e. The molecule has 3 heteroatoms. The van der Waals surface area contributed by atoms with Crippen molar-refractivity contribution in [3.8, 4) is 0 Å². The fraction of sp³-hybridized carbons (Fsp3) is 0.600. The van der Waals surface area contributed by atoms with Crippen LogP contribution in [0.2, 0.25) is 0 Å². The van der Waals surface area contributed by atoms with Gasteiger partial charge in [0.25, 0.3) is 0 Å². The Bertz CT molecular complexity index is 386. The van der Waals surface area contributed by atoms with E-state index in [-0.39, 0.29) is 6.04 Å². The van der Waals surface area contributed by atoms with Gasteiger partial charge >= 0.3 is 0 Å². The molecule has 0 heterocycles. The highest BCUT2D eigenvalue weighted by Gasteiger charge is 2.24. The van der Waals surface area contributed by atoms with Crippen molar-refractivity contribution in [1.29, 1.82) is 0 Å². The van der Waals surface area contributed by atoms with Crippen LogP contribution < -0.4 is 5.32 Å². The Morgan fingerprint density at radius 2 is 1.89 bits per heavy atom. The predicted molar refractivity (Wildman–Crippen MR) is 69.4 cm³/mol. The van der Waals surface area contributed by atoms with Gasteiger partial charge in [0.2, 0.25) is 0 Å². The minimum Gasteiger partial charge on any atom is -0.310 e. The quantitative estimate of drug-likeness (QED) is 0.848. The molecule has 100 valence electrons. The minimum atomic E-state index is -0.766. The van der Waals surface area contributed by atoms with E-state index in [1.54, 1.807) is 6.07 Å². The van der Waals surface area contributed by atoms with Gasteiger partial charge in [-0.15, -0.1) is 0 Å². The molecule has 1 atom stereocenters. The van der Waals surface area contributed by atoms with Crippen LogP contribution in [0.5, 0.6) is 0 Å². The summed E-state index contributed by atoms with van der Waals surface area (Å²) in [5, 5.41) is 3.43. The molecule has 1 N–H and O–H groups in total. The minimum absolute atomic E-state index is 0.158. The predicted octanol–water partition coefficient (Wildman–Crippen LogP) is 4.20. The van der Waals surface area contributed by atoms with Crippen LogP contribution in [-0.2, 0) is 0 Å². The molecule has 1 nitrogen and oxygen atoms in total. The molecule has 0 bridgehead atoms. The van der Waals surface area contributed by atoms with Crippen LogP contribution in [0.25, 0.3) is 0 Å². The number of halogens is 2. The van der Waals surface area contributed by atoms with Crippen molar-refractivity contribution in [3.05, 3.63) is 35.4 Å². The van der Waals surface area contributed by atoms with E-state index in [2.05, 4.69) is 12.2 Å². The van der Waals surface area contributed by atoms with Crippen molar-refractivity contribution in [2.24, 2.45) is 5.92 Å². The lowest BCUT2D eigenvalue weighted by molar-refractivity contribution is 0.273. The lowest BCUT2D eigenvalue weighted by atomic mass is 9.81. The molecule has 1 fully saturated rings. The second-order valence-electron chi connectivity index (χ2n) is 5.11. The Balaban J connectivity index is 2.19. The third-order valence-electron chi connectivity index (χ3n) is 3.85. The van der Waals surface area contributed by atoms with Gasteiger partial charge in [0.15, 0.2) is 11.6 Å². The summed E-state index contributed by atoms with van der Waals surface area (Å²) in [4.78, 5) is 0. The summed E-state index contributed by atoms with van der Waals surface area (Å²) in [6.07, 6.45) is 6.15. The Labute approximate surface area is 108 Å². The van der Waals surface area contributed by atoms with Crippen molar-refractivity contribution in [2.45, 2.75) is 45.1 Å².